The SMILES string of the molecule is Nc1ncnc2c1nnn2CCCCOS(N)(=O)=O. The van der Waals surface area contributed by atoms with E-state index in [1.807, 2.05) is 0 Å². The van der Waals surface area contributed by atoms with Crippen LogP contribution < -0.4 is 10.9 Å². The van der Waals surface area contributed by atoms with Gasteiger partial charge in [-0.05, 0) is 12.8 Å². The molecule has 0 aliphatic heterocycles. The van der Waals surface area contributed by atoms with Crippen molar-refractivity contribution >= 4 is 27.3 Å². The zero-order valence-electron chi connectivity index (χ0n) is 9.93. The zero-order chi connectivity index (χ0) is 13.9. The molecule has 0 aliphatic carbocycles. The maximum Gasteiger partial charge on any atom is 0.333 e. The first-order chi connectivity index (χ1) is 8.97. The minimum absolute atomic E-state index is 0.0303. The van der Waals surface area contributed by atoms with Gasteiger partial charge in [0.15, 0.2) is 17.0 Å². The molecule has 0 aromatic carbocycles. The summed E-state index contributed by atoms with van der Waals surface area (Å²) in [6.07, 6.45) is 2.48. The van der Waals surface area contributed by atoms with Gasteiger partial charge in [-0.2, -0.15) is 8.42 Å². The molecule has 0 amide bonds. The molecule has 2 aromatic rings. The maximum atomic E-state index is 10.5. The summed E-state index contributed by atoms with van der Waals surface area (Å²) in [5, 5.41) is 12.5. The molecule has 2 heterocycles. The smallest absolute Gasteiger partial charge is 0.333 e. The van der Waals surface area contributed by atoms with E-state index in [0.29, 0.717) is 30.6 Å². The van der Waals surface area contributed by atoms with E-state index in [9.17, 15) is 8.42 Å². The predicted octanol–water partition coefficient (Wildman–Crippen LogP) is -1.20. The van der Waals surface area contributed by atoms with Crippen LogP contribution in [0.4, 0.5) is 5.82 Å². The van der Waals surface area contributed by atoms with Gasteiger partial charge in [-0.1, -0.05) is 5.21 Å². The first-order valence-electron chi connectivity index (χ1n) is 5.44. The summed E-state index contributed by atoms with van der Waals surface area (Å²) >= 11 is 0. The minimum Gasteiger partial charge on any atom is -0.382 e. The van der Waals surface area contributed by atoms with E-state index in [4.69, 9.17) is 10.9 Å². The lowest BCUT2D eigenvalue weighted by Crippen LogP contribution is -2.16. The number of hydrogen-bond acceptors (Lipinski definition) is 8. The molecule has 10 nitrogen and oxygen atoms in total. The van der Waals surface area contributed by atoms with Crippen LogP contribution in [0.5, 0.6) is 0 Å². The van der Waals surface area contributed by atoms with Gasteiger partial charge in [-0.15, -0.1) is 5.10 Å². The molecule has 0 radical (unpaired) electrons. The summed E-state index contributed by atoms with van der Waals surface area (Å²) in [7, 11) is -3.87. The summed E-state index contributed by atoms with van der Waals surface area (Å²) in [5.74, 6) is 0.272. The fourth-order valence-electron chi connectivity index (χ4n) is 1.50. The molecule has 0 atom stereocenters. The number of hydrogen-bond donors (Lipinski definition) is 2. The average molecular weight is 287 g/mol. The van der Waals surface area contributed by atoms with Crippen LogP contribution in [0.1, 0.15) is 12.8 Å². The standard InChI is InChI=1S/C8H13N7O3S/c9-7-6-8(12-5-11-7)15(14-13-6)3-1-2-4-18-19(10,16)17/h5H,1-4H2,(H2,9,11,12)(H2,10,16,17). The molecule has 4 N–H and O–H groups in total. The maximum absolute atomic E-state index is 10.5. The summed E-state index contributed by atoms with van der Waals surface area (Å²) in [6, 6.07) is 0. The van der Waals surface area contributed by atoms with Crippen molar-refractivity contribution in [2.45, 2.75) is 19.4 Å². The van der Waals surface area contributed by atoms with E-state index in [1.54, 1.807) is 4.68 Å². The summed E-state index contributed by atoms with van der Waals surface area (Å²) in [4.78, 5) is 7.85. The number of aromatic nitrogens is 5. The normalized spacial score (nSPS) is 12.1. The Balaban J connectivity index is 1.90. The van der Waals surface area contributed by atoms with Gasteiger partial charge in [0.1, 0.15) is 6.33 Å². The lowest BCUT2D eigenvalue weighted by atomic mass is 10.3. The number of fused-ring (bicyclic) bond motifs is 1. The first kappa shape index (κ1) is 13.6. The first-order valence-corrected chi connectivity index (χ1v) is 6.91. The van der Waals surface area contributed by atoms with Gasteiger partial charge in [0.2, 0.25) is 0 Å². The molecule has 0 unspecified atom stereocenters. The van der Waals surface area contributed by atoms with E-state index in [2.05, 4.69) is 24.5 Å². The third kappa shape index (κ3) is 3.56. The number of rotatable bonds is 6. The molecule has 2 rings (SSSR count). The average Bonchev–Trinajstić information content (AvgIpc) is 2.72. The van der Waals surface area contributed by atoms with Crippen LogP contribution in [0.25, 0.3) is 11.2 Å². The van der Waals surface area contributed by atoms with Crippen LogP contribution in [0.3, 0.4) is 0 Å². The van der Waals surface area contributed by atoms with E-state index in [0.717, 1.165) is 0 Å². The fourth-order valence-corrected chi connectivity index (χ4v) is 1.85. The molecule has 0 fully saturated rings. The lowest BCUT2D eigenvalue weighted by molar-refractivity contribution is 0.304. The molecule has 0 bridgehead atoms. The van der Waals surface area contributed by atoms with Crippen LogP contribution in [0, 0.1) is 0 Å². The second kappa shape index (κ2) is 5.42. The molecule has 0 saturated heterocycles. The minimum atomic E-state index is -3.87. The summed E-state index contributed by atoms with van der Waals surface area (Å²) < 4.78 is 27.1. The second-order valence-electron chi connectivity index (χ2n) is 3.77. The van der Waals surface area contributed by atoms with Crippen LogP contribution >= 0.6 is 0 Å². The van der Waals surface area contributed by atoms with Crippen molar-refractivity contribution in [3.63, 3.8) is 0 Å². The Morgan fingerprint density at radius 3 is 2.84 bits per heavy atom. The molecule has 11 heteroatoms. The van der Waals surface area contributed by atoms with Crippen LogP contribution in [0.15, 0.2) is 6.33 Å². The number of unbranched alkanes of at least 4 members (excludes halogenated alkanes) is 1. The van der Waals surface area contributed by atoms with Crippen molar-refractivity contribution in [3.8, 4) is 0 Å². The largest absolute Gasteiger partial charge is 0.382 e. The van der Waals surface area contributed by atoms with Gasteiger partial charge >= 0.3 is 10.3 Å². The monoisotopic (exact) mass is 287 g/mol. The Morgan fingerprint density at radius 1 is 1.32 bits per heavy atom. The number of aryl methyl sites for hydroxylation is 1. The zero-order valence-corrected chi connectivity index (χ0v) is 10.7. The number of nitrogens with two attached hydrogens (primary N) is 2. The van der Waals surface area contributed by atoms with Gasteiger partial charge in [0.05, 0.1) is 6.61 Å². The van der Waals surface area contributed by atoms with Crippen LogP contribution in [-0.4, -0.2) is 40.0 Å². The van der Waals surface area contributed by atoms with E-state index >= 15 is 0 Å². The number of nitrogens with zero attached hydrogens (tertiary/aromatic N) is 5. The topological polar surface area (TPSA) is 152 Å². The summed E-state index contributed by atoms with van der Waals surface area (Å²) in [6.45, 7) is 0.545. The highest BCUT2D eigenvalue weighted by Crippen LogP contribution is 2.12. The summed E-state index contributed by atoms with van der Waals surface area (Å²) in [5.41, 5.74) is 6.62. The molecule has 0 saturated carbocycles. The Bertz CT molecular complexity index is 668. The number of anilines is 1. The van der Waals surface area contributed by atoms with Crippen LogP contribution in [0.2, 0.25) is 0 Å². The van der Waals surface area contributed by atoms with Crippen molar-refractivity contribution in [2.24, 2.45) is 5.14 Å². The third-order valence-corrected chi connectivity index (χ3v) is 2.84. The Kier molecular flexibility index (Phi) is 3.87. The Morgan fingerprint density at radius 2 is 2.11 bits per heavy atom. The van der Waals surface area contributed by atoms with Gasteiger partial charge in [-0.3, -0.25) is 4.18 Å². The van der Waals surface area contributed by atoms with E-state index in [-0.39, 0.29) is 12.4 Å². The van der Waals surface area contributed by atoms with Crippen molar-refractivity contribution in [1.29, 1.82) is 0 Å². The molecule has 19 heavy (non-hydrogen) atoms. The number of nitrogen functional groups attached to an aromatic ring is 1. The van der Waals surface area contributed by atoms with Gasteiger partial charge in [0, 0.05) is 6.54 Å². The van der Waals surface area contributed by atoms with Crippen molar-refractivity contribution < 1.29 is 12.6 Å². The van der Waals surface area contributed by atoms with Crippen molar-refractivity contribution in [3.05, 3.63) is 6.33 Å². The van der Waals surface area contributed by atoms with Crippen LogP contribution in [-0.2, 0) is 21.0 Å². The van der Waals surface area contributed by atoms with Gasteiger partial charge in [-0.25, -0.2) is 19.8 Å². The quantitative estimate of drug-likeness (QED) is 0.628. The molecular formula is C8H13N7O3S. The second-order valence-corrected chi connectivity index (χ2v) is 4.99. The van der Waals surface area contributed by atoms with Crippen molar-refractivity contribution in [2.75, 3.05) is 12.3 Å². The highest BCUT2D eigenvalue weighted by atomic mass is 32.2. The molecule has 0 aliphatic rings. The van der Waals surface area contributed by atoms with E-state index < -0.39 is 10.3 Å². The van der Waals surface area contributed by atoms with E-state index in [1.165, 1.54) is 6.33 Å². The molecule has 0 spiro atoms. The molecular weight excluding hydrogens is 274 g/mol. The lowest BCUT2D eigenvalue weighted by Gasteiger charge is -2.02. The third-order valence-electron chi connectivity index (χ3n) is 2.34. The highest BCUT2D eigenvalue weighted by Gasteiger charge is 2.09. The fraction of sp³-hybridized carbons (Fsp3) is 0.500. The van der Waals surface area contributed by atoms with Crippen molar-refractivity contribution in [1.82, 2.24) is 25.0 Å². The predicted molar refractivity (Wildman–Crippen MR) is 65.8 cm³/mol. The van der Waals surface area contributed by atoms with Gasteiger partial charge < -0.3 is 5.73 Å². The molecule has 2 aromatic heterocycles. The Labute approximate surface area is 109 Å². The Hall–Kier alpha value is -1.85. The highest BCUT2D eigenvalue weighted by molar-refractivity contribution is 7.84. The van der Waals surface area contributed by atoms with Gasteiger partial charge in [0.25, 0.3) is 0 Å². The molecule has 104 valence electrons.